The molecule has 3 N–H and O–H groups in total. The van der Waals surface area contributed by atoms with Gasteiger partial charge in [-0.3, -0.25) is 4.68 Å². The van der Waals surface area contributed by atoms with Crippen molar-refractivity contribution in [2.45, 2.75) is 26.0 Å². The monoisotopic (exact) mass is 343 g/mol. The maximum Gasteiger partial charge on any atom is 0.124 e. The van der Waals surface area contributed by atoms with Gasteiger partial charge in [-0.2, -0.15) is 5.10 Å². The molecule has 0 radical (unpaired) electrons. The first-order chi connectivity index (χ1) is 8.91. The summed E-state index contributed by atoms with van der Waals surface area (Å²) >= 11 is 9.28. The van der Waals surface area contributed by atoms with Crippen LogP contribution in [0.15, 0.2) is 28.9 Å². The molecule has 0 saturated heterocycles. The van der Waals surface area contributed by atoms with Gasteiger partial charge >= 0.3 is 0 Å². The van der Waals surface area contributed by atoms with Crippen molar-refractivity contribution in [3.8, 4) is 0 Å². The van der Waals surface area contributed by atoms with Gasteiger partial charge in [-0.25, -0.2) is 0 Å². The molecule has 0 aliphatic carbocycles. The fourth-order valence-electron chi connectivity index (χ4n) is 1.96. The summed E-state index contributed by atoms with van der Waals surface area (Å²) in [5.41, 5.74) is 7.68. The third-order valence-corrected chi connectivity index (χ3v) is 3.72. The third-order valence-electron chi connectivity index (χ3n) is 2.88. The topological polar surface area (TPSA) is 64.1 Å². The molecule has 0 amide bonds. The molecule has 0 spiro atoms. The summed E-state index contributed by atoms with van der Waals surface area (Å²) in [7, 11) is 0. The van der Waals surface area contributed by atoms with Crippen molar-refractivity contribution in [1.82, 2.24) is 9.78 Å². The van der Waals surface area contributed by atoms with Crippen LogP contribution in [0.3, 0.4) is 0 Å². The average Bonchev–Trinajstić information content (AvgIpc) is 2.70. The molecule has 1 heterocycles. The van der Waals surface area contributed by atoms with Gasteiger partial charge in [0.15, 0.2) is 0 Å². The van der Waals surface area contributed by atoms with Gasteiger partial charge in [-0.15, -0.1) is 0 Å². The molecule has 0 aliphatic rings. The van der Waals surface area contributed by atoms with Crippen molar-refractivity contribution in [3.05, 3.63) is 45.1 Å². The molecule has 4 nitrogen and oxygen atoms in total. The normalized spacial score (nSPS) is 12.9. The van der Waals surface area contributed by atoms with E-state index in [4.69, 9.17) is 17.3 Å². The molecule has 0 bridgehead atoms. The molecular weight excluding hydrogens is 330 g/mol. The van der Waals surface area contributed by atoms with Crippen molar-refractivity contribution < 1.29 is 5.11 Å². The molecule has 1 aromatic heterocycles. The van der Waals surface area contributed by atoms with E-state index in [1.165, 1.54) is 0 Å². The summed E-state index contributed by atoms with van der Waals surface area (Å²) in [6.07, 6.45) is 0.821. The predicted molar refractivity (Wildman–Crippen MR) is 80.2 cm³/mol. The first-order valence-electron chi connectivity index (χ1n) is 5.87. The van der Waals surface area contributed by atoms with Crippen LogP contribution in [0.2, 0.25) is 5.02 Å². The number of nitrogen functional groups attached to an aromatic ring is 1. The molecule has 1 atom stereocenters. The number of aromatic nitrogens is 2. The van der Waals surface area contributed by atoms with E-state index < -0.39 is 6.10 Å². The maximum absolute atomic E-state index is 10.5. The summed E-state index contributed by atoms with van der Waals surface area (Å²) in [6.45, 7) is 4.00. The van der Waals surface area contributed by atoms with Crippen LogP contribution in [0, 0.1) is 0 Å². The number of hydrogen-bond donors (Lipinski definition) is 2. The number of benzene rings is 1. The lowest BCUT2D eigenvalue weighted by atomic mass is 10.0. The Bertz CT molecular complexity index is 598. The number of halogens is 2. The molecule has 6 heteroatoms. The van der Waals surface area contributed by atoms with Crippen LogP contribution in [-0.4, -0.2) is 14.9 Å². The predicted octanol–water partition coefficient (Wildman–Crippen LogP) is 3.54. The lowest BCUT2D eigenvalue weighted by Gasteiger charge is -2.18. The number of nitrogens with zero attached hydrogens (tertiary/aromatic N) is 2. The molecule has 0 saturated carbocycles. The molecule has 2 rings (SSSR count). The van der Waals surface area contributed by atoms with Crippen molar-refractivity contribution in [3.63, 3.8) is 0 Å². The molecule has 1 unspecified atom stereocenters. The Morgan fingerprint density at radius 2 is 2.11 bits per heavy atom. The van der Waals surface area contributed by atoms with Crippen molar-refractivity contribution in [1.29, 1.82) is 0 Å². The average molecular weight is 345 g/mol. The molecular formula is C13H15BrClN3O. The Hall–Kier alpha value is -1.04. The standard InChI is InChI=1S/C13H15BrClN3O/c1-7(2)18-12(10(14)6-17-18)13(19)9-4-3-8(15)5-11(9)16/h3-7,13,19H,16H2,1-2H3. The van der Waals surface area contributed by atoms with Crippen LogP contribution in [0.1, 0.15) is 37.3 Å². The van der Waals surface area contributed by atoms with Gasteiger partial charge in [0.1, 0.15) is 6.10 Å². The van der Waals surface area contributed by atoms with E-state index in [2.05, 4.69) is 21.0 Å². The highest BCUT2D eigenvalue weighted by Crippen LogP contribution is 2.33. The SMILES string of the molecule is CC(C)n1ncc(Br)c1C(O)c1ccc(Cl)cc1N. The second-order valence-corrected chi connectivity index (χ2v) is 5.88. The van der Waals surface area contributed by atoms with E-state index in [-0.39, 0.29) is 6.04 Å². The molecule has 102 valence electrons. The Morgan fingerprint density at radius 3 is 2.68 bits per heavy atom. The van der Waals surface area contributed by atoms with Crippen LogP contribution in [0.4, 0.5) is 5.69 Å². The highest BCUT2D eigenvalue weighted by molar-refractivity contribution is 9.10. The Morgan fingerprint density at radius 1 is 1.42 bits per heavy atom. The van der Waals surface area contributed by atoms with E-state index in [1.54, 1.807) is 29.1 Å². The Labute approximate surface area is 125 Å². The Balaban J connectivity index is 2.49. The van der Waals surface area contributed by atoms with Crippen LogP contribution in [-0.2, 0) is 0 Å². The zero-order valence-corrected chi connectivity index (χ0v) is 13.0. The zero-order chi connectivity index (χ0) is 14.2. The summed E-state index contributed by atoms with van der Waals surface area (Å²) in [5, 5.41) is 15.3. The largest absolute Gasteiger partial charge is 0.398 e. The van der Waals surface area contributed by atoms with E-state index >= 15 is 0 Å². The number of aliphatic hydroxyl groups excluding tert-OH is 1. The van der Waals surface area contributed by atoms with Crippen LogP contribution >= 0.6 is 27.5 Å². The maximum atomic E-state index is 10.5. The summed E-state index contributed by atoms with van der Waals surface area (Å²) in [4.78, 5) is 0. The fraction of sp³-hybridized carbons (Fsp3) is 0.308. The highest BCUT2D eigenvalue weighted by Gasteiger charge is 2.22. The second-order valence-electron chi connectivity index (χ2n) is 4.59. The van der Waals surface area contributed by atoms with Gasteiger partial charge in [0.05, 0.1) is 16.4 Å². The fourth-order valence-corrected chi connectivity index (χ4v) is 2.63. The quantitative estimate of drug-likeness (QED) is 0.837. The molecule has 2 aromatic rings. The van der Waals surface area contributed by atoms with Gasteiger partial charge in [-0.1, -0.05) is 17.7 Å². The number of hydrogen-bond acceptors (Lipinski definition) is 3. The summed E-state index contributed by atoms with van der Waals surface area (Å²) in [5.74, 6) is 0. The van der Waals surface area contributed by atoms with E-state index in [9.17, 15) is 5.11 Å². The lowest BCUT2D eigenvalue weighted by Crippen LogP contribution is -2.13. The third kappa shape index (κ3) is 2.78. The summed E-state index contributed by atoms with van der Waals surface area (Å²) < 4.78 is 2.52. The minimum atomic E-state index is -0.850. The van der Waals surface area contributed by atoms with Gasteiger partial charge in [0.2, 0.25) is 0 Å². The van der Waals surface area contributed by atoms with Crippen LogP contribution in [0.5, 0.6) is 0 Å². The second kappa shape index (κ2) is 5.53. The van der Waals surface area contributed by atoms with Crippen LogP contribution < -0.4 is 5.73 Å². The van der Waals surface area contributed by atoms with Gasteiger partial charge in [-0.05, 0) is 41.9 Å². The minimum absolute atomic E-state index is 0.143. The molecule has 1 aromatic carbocycles. The smallest absolute Gasteiger partial charge is 0.124 e. The van der Waals surface area contributed by atoms with Crippen molar-refractivity contribution >= 4 is 33.2 Å². The number of anilines is 1. The highest BCUT2D eigenvalue weighted by atomic mass is 79.9. The van der Waals surface area contributed by atoms with E-state index in [0.717, 1.165) is 4.47 Å². The van der Waals surface area contributed by atoms with Gasteiger partial charge in [0.25, 0.3) is 0 Å². The number of nitrogens with two attached hydrogens (primary N) is 1. The first kappa shape index (κ1) is 14.4. The molecule has 0 aliphatic heterocycles. The molecule has 0 fully saturated rings. The molecule has 19 heavy (non-hydrogen) atoms. The van der Waals surface area contributed by atoms with Crippen LogP contribution in [0.25, 0.3) is 0 Å². The van der Waals surface area contributed by atoms with E-state index in [1.807, 2.05) is 13.8 Å². The Kier molecular flexibility index (Phi) is 4.18. The number of rotatable bonds is 3. The summed E-state index contributed by atoms with van der Waals surface area (Å²) in [6, 6.07) is 5.21. The van der Waals surface area contributed by atoms with Crippen molar-refractivity contribution in [2.24, 2.45) is 0 Å². The van der Waals surface area contributed by atoms with E-state index in [0.29, 0.717) is 22.0 Å². The van der Waals surface area contributed by atoms with Crippen molar-refractivity contribution in [2.75, 3.05) is 5.73 Å². The first-order valence-corrected chi connectivity index (χ1v) is 7.04. The zero-order valence-electron chi connectivity index (χ0n) is 10.6. The minimum Gasteiger partial charge on any atom is -0.398 e. The van der Waals surface area contributed by atoms with Gasteiger partial charge in [0, 0.05) is 22.3 Å². The van der Waals surface area contributed by atoms with Gasteiger partial charge < -0.3 is 10.8 Å². The number of aliphatic hydroxyl groups is 1. The lowest BCUT2D eigenvalue weighted by molar-refractivity contribution is 0.205.